The summed E-state index contributed by atoms with van der Waals surface area (Å²) in [6, 6.07) is 9.38. The number of carbonyl (C=O) groups excluding carboxylic acids is 1. The molecule has 0 heterocycles. The topological polar surface area (TPSA) is 57.1 Å². The van der Waals surface area contributed by atoms with Crippen LogP contribution in [0, 0.1) is 0 Å². The Morgan fingerprint density at radius 1 is 1.28 bits per heavy atom. The van der Waals surface area contributed by atoms with Crippen LogP contribution in [0.15, 0.2) is 35.3 Å². The molecule has 18 heavy (non-hydrogen) atoms. The first-order chi connectivity index (χ1) is 8.72. The lowest BCUT2D eigenvalue weighted by Crippen LogP contribution is -2.18. The van der Waals surface area contributed by atoms with Crippen LogP contribution in [0.3, 0.4) is 0 Å². The van der Waals surface area contributed by atoms with Crippen LogP contribution in [0.25, 0.3) is 0 Å². The number of rotatable bonds is 4. The summed E-state index contributed by atoms with van der Waals surface area (Å²) in [5, 5.41) is 0. The molecule has 0 N–H and O–H groups in total. The third kappa shape index (κ3) is 3.85. The summed E-state index contributed by atoms with van der Waals surface area (Å²) >= 11 is 0. The molecule has 1 unspecified atom stereocenters. The smallest absolute Gasteiger partial charge is 0.436 e. The van der Waals surface area contributed by atoms with Gasteiger partial charge >= 0.3 is 6.09 Å². The maximum absolute atomic E-state index is 11.3. The van der Waals surface area contributed by atoms with E-state index in [1.165, 1.54) is 14.2 Å². The van der Waals surface area contributed by atoms with Crippen LogP contribution in [0.5, 0.6) is 0 Å². The highest BCUT2D eigenvalue weighted by Gasteiger charge is 2.20. The molecule has 0 saturated heterocycles. The van der Waals surface area contributed by atoms with Crippen molar-refractivity contribution in [3.8, 4) is 0 Å². The van der Waals surface area contributed by atoms with Gasteiger partial charge in [0.25, 0.3) is 0 Å². The minimum absolute atomic E-state index is 0.169. The van der Waals surface area contributed by atoms with Gasteiger partial charge in [0.1, 0.15) is 0 Å². The van der Waals surface area contributed by atoms with E-state index in [-0.39, 0.29) is 12.5 Å². The van der Waals surface area contributed by atoms with Crippen LogP contribution in [0.1, 0.15) is 18.6 Å². The normalized spacial score (nSPS) is 12.9. The number of nitrogens with zero attached hydrogens (tertiary/aromatic N) is 1. The second-order valence-electron chi connectivity index (χ2n) is 3.38. The lowest BCUT2D eigenvalue weighted by Gasteiger charge is -2.16. The van der Waals surface area contributed by atoms with Crippen LogP contribution in [-0.4, -0.2) is 32.8 Å². The van der Waals surface area contributed by atoms with Gasteiger partial charge in [0.2, 0.25) is 5.90 Å². The van der Waals surface area contributed by atoms with Gasteiger partial charge in [0.05, 0.1) is 13.7 Å². The number of amides is 1. The van der Waals surface area contributed by atoms with Crippen LogP contribution in [0.4, 0.5) is 4.79 Å². The Labute approximate surface area is 106 Å². The average Bonchev–Trinajstić information content (AvgIpc) is 2.40. The molecule has 0 spiro atoms. The predicted octanol–water partition coefficient (Wildman–Crippen LogP) is 2.58. The first-order valence-corrected chi connectivity index (χ1v) is 5.60. The maximum Gasteiger partial charge on any atom is 0.436 e. The molecule has 98 valence electrons. The highest BCUT2D eigenvalue weighted by atomic mass is 16.6. The molecule has 0 fully saturated rings. The molecule has 1 atom stereocenters. The second kappa shape index (κ2) is 7.45. The minimum atomic E-state index is -0.688. The molecule has 0 aliphatic heterocycles. The lowest BCUT2D eigenvalue weighted by atomic mass is 10.1. The lowest BCUT2D eigenvalue weighted by molar-refractivity contribution is 0.131. The molecule has 1 amide bonds. The van der Waals surface area contributed by atoms with E-state index in [0.29, 0.717) is 0 Å². The molecule has 1 aromatic rings. The third-order valence-electron chi connectivity index (χ3n) is 2.24. The molecule has 0 aromatic heterocycles. The highest BCUT2D eigenvalue weighted by molar-refractivity contribution is 5.91. The Morgan fingerprint density at radius 3 is 2.44 bits per heavy atom. The fourth-order valence-electron chi connectivity index (χ4n) is 1.46. The van der Waals surface area contributed by atoms with Gasteiger partial charge in [-0.05, 0) is 12.5 Å². The van der Waals surface area contributed by atoms with Gasteiger partial charge in [-0.2, -0.15) is 0 Å². The summed E-state index contributed by atoms with van der Waals surface area (Å²) in [5.74, 6) is 0.169. The van der Waals surface area contributed by atoms with Crippen molar-refractivity contribution >= 4 is 12.0 Å². The van der Waals surface area contributed by atoms with Gasteiger partial charge in [0, 0.05) is 7.11 Å². The second-order valence-corrected chi connectivity index (χ2v) is 3.38. The van der Waals surface area contributed by atoms with Crippen molar-refractivity contribution in [1.82, 2.24) is 0 Å². The summed E-state index contributed by atoms with van der Waals surface area (Å²) in [4.78, 5) is 15.1. The Hall–Kier alpha value is -1.88. The van der Waals surface area contributed by atoms with Gasteiger partial charge in [-0.3, -0.25) is 0 Å². The van der Waals surface area contributed by atoms with Crippen molar-refractivity contribution in [2.45, 2.75) is 13.0 Å². The zero-order valence-electron chi connectivity index (χ0n) is 10.8. The van der Waals surface area contributed by atoms with Crippen molar-refractivity contribution < 1.29 is 19.0 Å². The van der Waals surface area contributed by atoms with Crippen LogP contribution >= 0.6 is 0 Å². The van der Waals surface area contributed by atoms with E-state index < -0.39 is 12.2 Å². The van der Waals surface area contributed by atoms with Crippen molar-refractivity contribution in [2.75, 3.05) is 20.8 Å². The molecule has 0 saturated carbocycles. The first-order valence-electron chi connectivity index (χ1n) is 5.60. The Morgan fingerprint density at radius 2 is 1.94 bits per heavy atom. The molecule has 0 bridgehead atoms. The van der Waals surface area contributed by atoms with Crippen molar-refractivity contribution in [3.63, 3.8) is 0 Å². The van der Waals surface area contributed by atoms with E-state index in [1.54, 1.807) is 6.92 Å². The number of carbonyl (C=O) groups is 1. The average molecular weight is 251 g/mol. The molecular formula is C13H17NO4. The molecule has 0 radical (unpaired) electrons. The van der Waals surface area contributed by atoms with Gasteiger partial charge < -0.3 is 14.2 Å². The Balaban J connectivity index is 2.94. The van der Waals surface area contributed by atoms with Gasteiger partial charge in [-0.15, -0.1) is 4.99 Å². The number of methoxy groups -OCH3 is 2. The number of benzene rings is 1. The molecule has 0 aliphatic carbocycles. The highest BCUT2D eigenvalue weighted by Crippen LogP contribution is 2.18. The summed E-state index contributed by atoms with van der Waals surface area (Å²) in [6.07, 6.45) is -1.21. The van der Waals surface area contributed by atoms with Crippen molar-refractivity contribution in [2.24, 2.45) is 4.99 Å². The van der Waals surface area contributed by atoms with Crippen LogP contribution in [0.2, 0.25) is 0 Å². The quantitative estimate of drug-likeness (QED) is 0.609. The fraction of sp³-hybridized carbons (Fsp3) is 0.385. The first kappa shape index (κ1) is 14.2. The molecule has 1 aromatic carbocycles. The minimum Gasteiger partial charge on any atom is -0.482 e. The number of hydrogen-bond donors (Lipinski definition) is 0. The van der Waals surface area contributed by atoms with Crippen LogP contribution < -0.4 is 0 Å². The zero-order chi connectivity index (χ0) is 13.4. The number of aliphatic imine (C=N–C) groups is 1. The number of ether oxygens (including phenoxy) is 3. The number of hydrogen-bond acceptors (Lipinski definition) is 4. The molecular weight excluding hydrogens is 234 g/mol. The third-order valence-corrected chi connectivity index (χ3v) is 2.24. The molecule has 5 heteroatoms. The monoisotopic (exact) mass is 251 g/mol. The zero-order valence-corrected chi connectivity index (χ0v) is 10.8. The maximum atomic E-state index is 11.3. The Kier molecular flexibility index (Phi) is 5.87. The summed E-state index contributed by atoms with van der Waals surface area (Å²) < 4.78 is 15.1. The summed E-state index contributed by atoms with van der Waals surface area (Å²) in [5.41, 5.74) is 0.852. The molecule has 5 nitrogen and oxygen atoms in total. The van der Waals surface area contributed by atoms with E-state index >= 15 is 0 Å². The van der Waals surface area contributed by atoms with Gasteiger partial charge in [0.15, 0.2) is 6.10 Å². The summed E-state index contributed by atoms with van der Waals surface area (Å²) in [7, 11) is 2.96. The molecule has 1 rings (SSSR count). The standard InChI is InChI=1S/C13H17NO4/c1-4-18-13(15)14-12(17-3)11(16-2)10-8-6-5-7-9-10/h5-9,11H,4H2,1-3H3/b14-12+. The van der Waals surface area contributed by atoms with E-state index in [1.807, 2.05) is 30.3 Å². The van der Waals surface area contributed by atoms with E-state index in [2.05, 4.69) is 4.99 Å². The predicted molar refractivity (Wildman–Crippen MR) is 67.7 cm³/mol. The van der Waals surface area contributed by atoms with Gasteiger partial charge in [-0.25, -0.2) is 4.79 Å². The molecule has 0 aliphatic rings. The van der Waals surface area contributed by atoms with Crippen molar-refractivity contribution in [1.29, 1.82) is 0 Å². The van der Waals surface area contributed by atoms with Crippen molar-refractivity contribution in [3.05, 3.63) is 35.9 Å². The Bertz CT molecular complexity index is 403. The van der Waals surface area contributed by atoms with Gasteiger partial charge in [-0.1, -0.05) is 30.3 Å². The largest absolute Gasteiger partial charge is 0.482 e. The van der Waals surface area contributed by atoms with E-state index in [4.69, 9.17) is 14.2 Å². The van der Waals surface area contributed by atoms with E-state index in [9.17, 15) is 4.79 Å². The van der Waals surface area contributed by atoms with Crippen LogP contribution in [-0.2, 0) is 14.2 Å². The SMILES string of the molecule is CCOC(=O)/N=C(/OC)C(OC)c1ccccc1. The fourth-order valence-corrected chi connectivity index (χ4v) is 1.46. The van der Waals surface area contributed by atoms with E-state index in [0.717, 1.165) is 5.56 Å². The summed E-state index contributed by atoms with van der Waals surface area (Å²) in [6.45, 7) is 1.98.